The second-order valence-corrected chi connectivity index (χ2v) is 9.83. The molecule has 0 saturated heterocycles. The second kappa shape index (κ2) is 10.4. The first-order valence-electron chi connectivity index (χ1n) is 9.59. The molecule has 3 aromatic carbocycles. The standard InChI is InChI=1S/C23H22Cl2N2O4S/c1-31-15-16-5-3-6-18(13-16)26-23(28)17-9-11-19(12-10-17)27(32(2,29)30)14-20-21(24)7-4-8-22(20)25/h3-13H,14-15H2,1-2H3,(H,26,28). The molecule has 0 aromatic heterocycles. The van der Waals surface area contributed by atoms with Crippen LogP contribution < -0.4 is 9.62 Å². The van der Waals surface area contributed by atoms with Gasteiger partial charge in [0.15, 0.2) is 0 Å². The smallest absolute Gasteiger partial charge is 0.255 e. The number of carbonyl (C=O) groups is 1. The number of rotatable bonds is 8. The maximum Gasteiger partial charge on any atom is 0.255 e. The van der Waals surface area contributed by atoms with Crippen molar-refractivity contribution in [2.75, 3.05) is 23.0 Å². The number of hydrogen-bond acceptors (Lipinski definition) is 4. The SMILES string of the molecule is COCc1cccc(NC(=O)c2ccc(N(Cc3c(Cl)cccc3Cl)S(C)(=O)=O)cc2)c1. The van der Waals surface area contributed by atoms with Crippen LogP contribution in [0.25, 0.3) is 0 Å². The number of carbonyl (C=O) groups excluding carboxylic acids is 1. The molecule has 0 aliphatic rings. The average Bonchev–Trinajstić information content (AvgIpc) is 2.73. The van der Waals surface area contributed by atoms with E-state index in [-0.39, 0.29) is 12.5 Å². The molecule has 9 heteroatoms. The van der Waals surface area contributed by atoms with Crippen molar-refractivity contribution in [3.8, 4) is 0 Å². The van der Waals surface area contributed by atoms with E-state index in [2.05, 4.69) is 5.32 Å². The summed E-state index contributed by atoms with van der Waals surface area (Å²) in [5.74, 6) is -0.314. The quantitative estimate of drug-likeness (QED) is 0.459. The van der Waals surface area contributed by atoms with Gasteiger partial charge in [-0.05, 0) is 54.1 Å². The lowest BCUT2D eigenvalue weighted by Crippen LogP contribution is -2.29. The molecule has 0 heterocycles. The van der Waals surface area contributed by atoms with Crippen LogP contribution in [0.4, 0.5) is 11.4 Å². The number of nitrogens with zero attached hydrogens (tertiary/aromatic N) is 1. The minimum absolute atomic E-state index is 0.0326. The second-order valence-electron chi connectivity index (χ2n) is 7.10. The lowest BCUT2D eigenvalue weighted by atomic mass is 10.1. The van der Waals surface area contributed by atoms with E-state index in [9.17, 15) is 13.2 Å². The molecule has 0 radical (unpaired) electrons. The Kier molecular flexibility index (Phi) is 7.79. The van der Waals surface area contributed by atoms with E-state index in [0.717, 1.165) is 11.8 Å². The molecule has 0 bridgehead atoms. The van der Waals surface area contributed by atoms with E-state index >= 15 is 0 Å². The van der Waals surface area contributed by atoms with Crippen molar-refractivity contribution in [1.82, 2.24) is 0 Å². The largest absolute Gasteiger partial charge is 0.380 e. The third kappa shape index (κ3) is 6.01. The molecule has 0 unspecified atom stereocenters. The summed E-state index contributed by atoms with van der Waals surface area (Å²) in [5.41, 5.74) is 2.85. The molecule has 0 saturated carbocycles. The van der Waals surface area contributed by atoms with E-state index in [1.165, 1.54) is 4.31 Å². The molecule has 0 aliphatic heterocycles. The average molecular weight is 493 g/mol. The molecule has 1 N–H and O–H groups in total. The van der Waals surface area contributed by atoms with Gasteiger partial charge in [0.05, 0.1) is 25.1 Å². The Bertz CT molecular complexity index is 1190. The van der Waals surface area contributed by atoms with Gasteiger partial charge in [-0.25, -0.2) is 8.42 Å². The molecule has 32 heavy (non-hydrogen) atoms. The molecule has 0 spiro atoms. The van der Waals surface area contributed by atoms with Gasteiger partial charge in [0.25, 0.3) is 5.91 Å². The molecule has 0 fully saturated rings. The third-order valence-electron chi connectivity index (χ3n) is 4.68. The van der Waals surface area contributed by atoms with E-state index in [4.69, 9.17) is 27.9 Å². The fourth-order valence-corrected chi connectivity index (χ4v) is 4.50. The highest BCUT2D eigenvalue weighted by molar-refractivity contribution is 7.92. The third-order valence-corrected chi connectivity index (χ3v) is 6.53. The Morgan fingerprint density at radius 2 is 1.62 bits per heavy atom. The summed E-state index contributed by atoms with van der Waals surface area (Å²) < 4.78 is 31.2. The summed E-state index contributed by atoms with van der Waals surface area (Å²) in [6.07, 6.45) is 1.10. The zero-order chi connectivity index (χ0) is 23.3. The van der Waals surface area contributed by atoms with Crippen molar-refractivity contribution in [2.45, 2.75) is 13.2 Å². The molecule has 6 nitrogen and oxygen atoms in total. The number of hydrogen-bond donors (Lipinski definition) is 1. The van der Waals surface area contributed by atoms with Crippen LogP contribution in [-0.4, -0.2) is 27.7 Å². The Morgan fingerprint density at radius 1 is 1.00 bits per heavy atom. The molecule has 168 valence electrons. The zero-order valence-corrected chi connectivity index (χ0v) is 19.8. The van der Waals surface area contributed by atoms with E-state index in [0.29, 0.717) is 39.2 Å². The minimum atomic E-state index is -3.64. The number of ether oxygens (including phenoxy) is 1. The van der Waals surface area contributed by atoms with Gasteiger partial charge in [0, 0.05) is 34.0 Å². The van der Waals surface area contributed by atoms with E-state index in [1.54, 1.807) is 55.6 Å². The van der Waals surface area contributed by atoms with Crippen molar-refractivity contribution in [2.24, 2.45) is 0 Å². The predicted molar refractivity (Wildman–Crippen MR) is 129 cm³/mol. The Balaban J connectivity index is 1.81. The summed E-state index contributed by atoms with van der Waals surface area (Å²) >= 11 is 12.4. The number of benzene rings is 3. The van der Waals surface area contributed by atoms with Gasteiger partial charge in [-0.15, -0.1) is 0 Å². The first-order chi connectivity index (χ1) is 15.2. The van der Waals surface area contributed by atoms with Gasteiger partial charge in [-0.1, -0.05) is 41.4 Å². The van der Waals surface area contributed by atoms with Crippen LogP contribution in [0.3, 0.4) is 0 Å². The van der Waals surface area contributed by atoms with Crippen molar-refractivity contribution in [1.29, 1.82) is 0 Å². The molecule has 1 amide bonds. The van der Waals surface area contributed by atoms with Crippen molar-refractivity contribution in [3.63, 3.8) is 0 Å². The molecule has 3 rings (SSSR count). The van der Waals surface area contributed by atoms with Crippen LogP contribution in [0.2, 0.25) is 10.0 Å². The number of methoxy groups -OCH3 is 1. The van der Waals surface area contributed by atoms with Gasteiger partial charge in [-0.2, -0.15) is 0 Å². The molecule has 0 aliphatic carbocycles. The maximum absolute atomic E-state index is 12.6. The predicted octanol–water partition coefficient (Wildman–Crippen LogP) is 5.36. The number of sulfonamides is 1. The van der Waals surface area contributed by atoms with Crippen molar-refractivity contribution < 1.29 is 17.9 Å². The fraction of sp³-hybridized carbons (Fsp3) is 0.174. The van der Waals surface area contributed by atoms with Crippen LogP contribution in [0.15, 0.2) is 66.7 Å². The molecule has 0 atom stereocenters. The van der Waals surface area contributed by atoms with Crippen LogP contribution in [0.1, 0.15) is 21.5 Å². The molecular formula is C23H22Cl2N2O4S. The monoisotopic (exact) mass is 492 g/mol. The number of amides is 1. The number of anilines is 2. The van der Waals surface area contributed by atoms with Crippen LogP contribution in [-0.2, 0) is 27.9 Å². The van der Waals surface area contributed by atoms with E-state index < -0.39 is 10.0 Å². The summed E-state index contributed by atoms with van der Waals surface area (Å²) in [4.78, 5) is 12.6. The van der Waals surface area contributed by atoms with Gasteiger partial charge < -0.3 is 10.1 Å². The van der Waals surface area contributed by atoms with E-state index in [1.807, 2.05) is 18.2 Å². The summed E-state index contributed by atoms with van der Waals surface area (Å²) in [6.45, 7) is 0.407. The van der Waals surface area contributed by atoms with Crippen molar-refractivity contribution >= 4 is 50.5 Å². The molecular weight excluding hydrogens is 471 g/mol. The number of nitrogens with one attached hydrogen (secondary N) is 1. The van der Waals surface area contributed by atoms with Gasteiger partial charge in [-0.3, -0.25) is 9.10 Å². The lowest BCUT2D eigenvalue weighted by molar-refractivity contribution is 0.102. The lowest BCUT2D eigenvalue weighted by Gasteiger charge is -2.23. The highest BCUT2D eigenvalue weighted by atomic mass is 35.5. The van der Waals surface area contributed by atoms with Gasteiger partial charge in [0.2, 0.25) is 10.0 Å². The first-order valence-corrected chi connectivity index (χ1v) is 12.2. The summed E-state index contributed by atoms with van der Waals surface area (Å²) in [6, 6.07) is 18.6. The molecule has 3 aromatic rings. The zero-order valence-electron chi connectivity index (χ0n) is 17.5. The fourth-order valence-electron chi connectivity index (χ4n) is 3.11. The minimum Gasteiger partial charge on any atom is -0.380 e. The van der Waals surface area contributed by atoms with Crippen LogP contribution in [0.5, 0.6) is 0 Å². The summed E-state index contributed by atoms with van der Waals surface area (Å²) in [7, 11) is -2.03. The van der Waals surface area contributed by atoms with Gasteiger partial charge >= 0.3 is 0 Å². The Morgan fingerprint density at radius 3 is 2.22 bits per heavy atom. The number of halogens is 2. The highest BCUT2D eigenvalue weighted by Crippen LogP contribution is 2.29. The normalized spacial score (nSPS) is 11.2. The Labute approximate surface area is 197 Å². The highest BCUT2D eigenvalue weighted by Gasteiger charge is 2.21. The van der Waals surface area contributed by atoms with Crippen LogP contribution in [0, 0.1) is 0 Å². The van der Waals surface area contributed by atoms with Gasteiger partial charge in [0.1, 0.15) is 0 Å². The van der Waals surface area contributed by atoms with Crippen LogP contribution >= 0.6 is 23.2 Å². The first kappa shape index (κ1) is 24.1. The topological polar surface area (TPSA) is 75.7 Å². The van der Waals surface area contributed by atoms with Crippen molar-refractivity contribution in [3.05, 3.63) is 93.5 Å². The maximum atomic E-state index is 12.6. The Hall–Kier alpha value is -2.58. The summed E-state index contributed by atoms with van der Waals surface area (Å²) in [5, 5.41) is 3.58.